The topological polar surface area (TPSA) is 86.2 Å². The van der Waals surface area contributed by atoms with E-state index < -0.39 is 17.8 Å². The molecular formula is C15H23NO6. The van der Waals surface area contributed by atoms with Crippen molar-refractivity contribution in [3.63, 3.8) is 0 Å². The fourth-order valence-corrected chi connectivity index (χ4v) is 1.63. The molecule has 0 aromatic heterocycles. The van der Waals surface area contributed by atoms with Gasteiger partial charge in [-0.25, -0.2) is 4.79 Å². The molecule has 1 rings (SSSR count). The molecule has 2 N–H and O–H groups in total. The van der Waals surface area contributed by atoms with Crippen LogP contribution in [0.5, 0.6) is 11.5 Å². The second kappa shape index (κ2) is 7.86. The average Bonchev–Trinajstić information content (AvgIpc) is 2.44. The van der Waals surface area contributed by atoms with Gasteiger partial charge in [-0.3, -0.25) is 4.84 Å². The van der Waals surface area contributed by atoms with Crippen molar-refractivity contribution in [3.8, 4) is 11.5 Å². The van der Waals surface area contributed by atoms with Crippen molar-refractivity contribution >= 4 is 6.09 Å². The Labute approximate surface area is 130 Å². The van der Waals surface area contributed by atoms with Crippen LogP contribution in [0.3, 0.4) is 0 Å². The molecule has 22 heavy (non-hydrogen) atoms. The monoisotopic (exact) mass is 313 g/mol. The van der Waals surface area contributed by atoms with Crippen LogP contribution in [0.25, 0.3) is 0 Å². The zero-order valence-corrected chi connectivity index (χ0v) is 13.5. The van der Waals surface area contributed by atoms with Gasteiger partial charge in [0.15, 0.2) is 11.5 Å². The van der Waals surface area contributed by atoms with Crippen molar-refractivity contribution in [3.05, 3.63) is 23.8 Å². The van der Waals surface area contributed by atoms with Crippen LogP contribution in [-0.2, 0) is 9.57 Å². The summed E-state index contributed by atoms with van der Waals surface area (Å²) >= 11 is 0. The van der Waals surface area contributed by atoms with E-state index in [0.29, 0.717) is 17.1 Å². The molecule has 1 amide bonds. The molecule has 0 spiro atoms. The molecule has 0 aliphatic carbocycles. The number of aliphatic hydroxyl groups is 1. The summed E-state index contributed by atoms with van der Waals surface area (Å²) in [5, 5.41) is 10.0. The Hall–Kier alpha value is -1.99. The van der Waals surface area contributed by atoms with Gasteiger partial charge in [-0.1, -0.05) is 6.07 Å². The summed E-state index contributed by atoms with van der Waals surface area (Å²) in [6.45, 7) is 5.09. The summed E-state index contributed by atoms with van der Waals surface area (Å²) < 4.78 is 15.3. The Morgan fingerprint density at radius 3 is 2.41 bits per heavy atom. The van der Waals surface area contributed by atoms with Crippen molar-refractivity contribution in [1.82, 2.24) is 5.48 Å². The highest BCUT2D eigenvalue weighted by molar-refractivity contribution is 5.66. The molecule has 1 aromatic carbocycles. The third-order valence-electron chi connectivity index (χ3n) is 2.59. The van der Waals surface area contributed by atoms with Gasteiger partial charge in [-0.15, -0.1) is 0 Å². The highest BCUT2D eigenvalue weighted by atomic mass is 16.7. The Balaban J connectivity index is 2.52. The maximum Gasteiger partial charge on any atom is 0.431 e. The second-order valence-electron chi connectivity index (χ2n) is 5.55. The molecule has 1 atom stereocenters. The molecule has 7 nitrogen and oxygen atoms in total. The average molecular weight is 313 g/mol. The Morgan fingerprint density at radius 1 is 1.23 bits per heavy atom. The Bertz CT molecular complexity index is 497. The molecular weight excluding hydrogens is 290 g/mol. The predicted molar refractivity (Wildman–Crippen MR) is 79.8 cm³/mol. The maximum atomic E-state index is 11.4. The van der Waals surface area contributed by atoms with Crippen LogP contribution in [0.15, 0.2) is 18.2 Å². The Morgan fingerprint density at radius 2 is 1.86 bits per heavy atom. The van der Waals surface area contributed by atoms with Crippen LogP contribution < -0.4 is 15.0 Å². The van der Waals surface area contributed by atoms with E-state index in [4.69, 9.17) is 19.0 Å². The van der Waals surface area contributed by atoms with Crippen LogP contribution in [-0.4, -0.2) is 37.6 Å². The number of methoxy groups -OCH3 is 2. The van der Waals surface area contributed by atoms with Gasteiger partial charge in [0.05, 0.1) is 14.2 Å². The number of amides is 1. The van der Waals surface area contributed by atoms with Gasteiger partial charge in [-0.2, -0.15) is 5.48 Å². The molecule has 0 radical (unpaired) electrons. The minimum Gasteiger partial charge on any atom is -0.493 e. The van der Waals surface area contributed by atoms with Gasteiger partial charge in [0, 0.05) is 0 Å². The number of hydrogen-bond acceptors (Lipinski definition) is 6. The highest BCUT2D eigenvalue weighted by Crippen LogP contribution is 2.29. The van der Waals surface area contributed by atoms with E-state index >= 15 is 0 Å². The molecule has 0 fully saturated rings. The van der Waals surface area contributed by atoms with Crippen LogP contribution in [0.2, 0.25) is 0 Å². The van der Waals surface area contributed by atoms with Crippen LogP contribution in [0.1, 0.15) is 32.4 Å². The van der Waals surface area contributed by atoms with Crippen molar-refractivity contribution < 1.29 is 28.9 Å². The summed E-state index contributed by atoms with van der Waals surface area (Å²) in [5.41, 5.74) is 2.07. The SMILES string of the molecule is COc1ccc(C(O)CONC(=O)OC(C)(C)C)cc1OC. The van der Waals surface area contributed by atoms with E-state index in [-0.39, 0.29) is 6.61 Å². The second-order valence-corrected chi connectivity index (χ2v) is 5.55. The standard InChI is InChI=1S/C15H23NO6/c1-15(2,3)22-14(18)16-21-9-11(17)10-6-7-12(19-4)13(8-10)20-5/h6-8,11,17H,9H2,1-5H3,(H,16,18). The first-order chi connectivity index (χ1) is 10.3. The first-order valence-corrected chi connectivity index (χ1v) is 6.77. The molecule has 0 bridgehead atoms. The molecule has 0 saturated heterocycles. The van der Waals surface area contributed by atoms with Crippen molar-refractivity contribution in [2.75, 3.05) is 20.8 Å². The number of ether oxygens (including phenoxy) is 3. The summed E-state index contributed by atoms with van der Waals surface area (Å²) in [4.78, 5) is 16.3. The zero-order chi connectivity index (χ0) is 16.8. The number of carbonyl (C=O) groups is 1. The van der Waals surface area contributed by atoms with E-state index in [1.165, 1.54) is 14.2 Å². The number of hydrogen-bond donors (Lipinski definition) is 2. The normalized spacial score (nSPS) is 12.5. The lowest BCUT2D eigenvalue weighted by molar-refractivity contribution is -0.0364. The van der Waals surface area contributed by atoms with Crippen LogP contribution >= 0.6 is 0 Å². The van der Waals surface area contributed by atoms with E-state index in [0.717, 1.165) is 0 Å². The number of rotatable bonds is 6. The minimum absolute atomic E-state index is 0.130. The summed E-state index contributed by atoms with van der Waals surface area (Å²) in [6, 6.07) is 5.00. The zero-order valence-electron chi connectivity index (χ0n) is 13.5. The molecule has 0 saturated carbocycles. The van der Waals surface area contributed by atoms with Crippen molar-refractivity contribution in [2.24, 2.45) is 0 Å². The smallest absolute Gasteiger partial charge is 0.431 e. The molecule has 0 heterocycles. The third kappa shape index (κ3) is 5.79. The first-order valence-electron chi connectivity index (χ1n) is 6.77. The summed E-state index contributed by atoms with van der Waals surface area (Å²) in [6.07, 6.45) is -1.65. The molecule has 124 valence electrons. The van der Waals surface area contributed by atoms with Gasteiger partial charge in [0.2, 0.25) is 0 Å². The van der Waals surface area contributed by atoms with Gasteiger partial charge in [-0.05, 0) is 38.5 Å². The summed E-state index contributed by atoms with van der Waals surface area (Å²) in [7, 11) is 3.04. The predicted octanol–water partition coefficient (Wildman–Crippen LogP) is 2.19. The molecule has 1 aromatic rings. The van der Waals surface area contributed by atoms with Crippen LogP contribution in [0, 0.1) is 0 Å². The number of carbonyl (C=O) groups excluding carboxylic acids is 1. The lowest BCUT2D eigenvalue weighted by atomic mass is 10.1. The summed E-state index contributed by atoms with van der Waals surface area (Å²) in [5.74, 6) is 1.06. The van der Waals surface area contributed by atoms with Crippen LogP contribution in [0.4, 0.5) is 4.79 Å². The third-order valence-corrected chi connectivity index (χ3v) is 2.59. The number of hydroxylamine groups is 1. The lowest BCUT2D eigenvalue weighted by Crippen LogP contribution is -2.33. The van der Waals surface area contributed by atoms with E-state index in [9.17, 15) is 9.90 Å². The number of nitrogens with one attached hydrogen (secondary N) is 1. The minimum atomic E-state index is -0.935. The largest absolute Gasteiger partial charge is 0.493 e. The van der Waals surface area contributed by atoms with Gasteiger partial charge >= 0.3 is 6.09 Å². The van der Waals surface area contributed by atoms with E-state index in [1.54, 1.807) is 39.0 Å². The van der Waals surface area contributed by atoms with Crippen molar-refractivity contribution in [2.45, 2.75) is 32.5 Å². The number of aliphatic hydroxyl groups excluding tert-OH is 1. The first kappa shape index (κ1) is 18.1. The maximum absolute atomic E-state index is 11.4. The quantitative estimate of drug-likeness (QED) is 0.783. The van der Waals surface area contributed by atoms with Crippen molar-refractivity contribution in [1.29, 1.82) is 0 Å². The lowest BCUT2D eigenvalue weighted by Gasteiger charge is -2.20. The Kier molecular flexibility index (Phi) is 6.45. The van der Waals surface area contributed by atoms with E-state index in [2.05, 4.69) is 5.48 Å². The molecule has 0 aliphatic heterocycles. The van der Waals surface area contributed by atoms with Gasteiger partial charge < -0.3 is 19.3 Å². The molecule has 0 aliphatic rings. The number of benzene rings is 1. The van der Waals surface area contributed by atoms with Gasteiger partial charge in [0.25, 0.3) is 0 Å². The molecule has 1 unspecified atom stereocenters. The highest BCUT2D eigenvalue weighted by Gasteiger charge is 2.17. The molecule has 7 heteroatoms. The fraction of sp³-hybridized carbons (Fsp3) is 0.533. The van der Waals surface area contributed by atoms with E-state index in [1.807, 2.05) is 0 Å². The van der Waals surface area contributed by atoms with Gasteiger partial charge in [0.1, 0.15) is 18.3 Å². The fourth-order valence-electron chi connectivity index (χ4n) is 1.63.